The average Bonchev–Trinajstić information content (AvgIpc) is 3.33. The van der Waals surface area contributed by atoms with Crippen LogP contribution in [0.5, 0.6) is 0 Å². The fourth-order valence-electron chi connectivity index (χ4n) is 3.50. The van der Waals surface area contributed by atoms with Gasteiger partial charge in [0.05, 0.1) is 10.7 Å². The van der Waals surface area contributed by atoms with Crippen LogP contribution < -0.4 is 5.32 Å². The molecule has 0 bridgehead atoms. The Bertz CT molecular complexity index is 787. The van der Waals surface area contributed by atoms with Crippen LogP contribution in [0, 0.1) is 0 Å². The number of nitrogens with zero attached hydrogens (tertiary/aromatic N) is 2. The minimum absolute atomic E-state index is 0. The fraction of sp³-hybridized carbons (Fsp3) is 0.421. The molecular formula is C19H22ClN3O2S. The second-order valence-electron chi connectivity index (χ2n) is 6.50. The van der Waals surface area contributed by atoms with Gasteiger partial charge in [0.2, 0.25) is 0 Å². The highest BCUT2D eigenvalue weighted by Gasteiger charge is 2.28. The lowest BCUT2D eigenvalue weighted by atomic mass is 9.97. The molecule has 0 aliphatic carbocycles. The van der Waals surface area contributed by atoms with Gasteiger partial charge in [-0.25, -0.2) is 4.98 Å². The highest BCUT2D eigenvalue weighted by Crippen LogP contribution is 2.33. The summed E-state index contributed by atoms with van der Waals surface area (Å²) in [5.74, 6) is 0.562. The lowest BCUT2D eigenvalue weighted by Crippen LogP contribution is -2.26. The number of thiazole rings is 1. The third-order valence-corrected chi connectivity index (χ3v) is 5.89. The van der Waals surface area contributed by atoms with Gasteiger partial charge in [-0.1, -0.05) is 29.4 Å². The first-order valence-corrected chi connectivity index (χ1v) is 9.63. The molecule has 4 rings (SSSR count). The molecule has 5 nitrogen and oxygen atoms in total. The molecule has 26 heavy (non-hydrogen) atoms. The number of carbonyl (C=O) groups is 1. The lowest BCUT2D eigenvalue weighted by molar-refractivity contribution is -0.107. The number of aldehydes is 1. The van der Waals surface area contributed by atoms with Gasteiger partial charge in [0.15, 0.2) is 6.10 Å². The smallest absolute Gasteiger partial charge is 0.158 e. The van der Waals surface area contributed by atoms with Crippen molar-refractivity contribution in [2.45, 2.75) is 37.7 Å². The maximum absolute atomic E-state index is 10.9. The van der Waals surface area contributed by atoms with Gasteiger partial charge in [-0.05, 0) is 37.1 Å². The van der Waals surface area contributed by atoms with E-state index in [4.69, 9.17) is 9.82 Å². The van der Waals surface area contributed by atoms with E-state index in [-0.39, 0.29) is 18.5 Å². The summed E-state index contributed by atoms with van der Waals surface area (Å²) in [7, 11) is 0. The van der Waals surface area contributed by atoms with Crippen LogP contribution in [0.4, 0.5) is 0 Å². The van der Waals surface area contributed by atoms with Gasteiger partial charge in [0.25, 0.3) is 0 Å². The summed E-state index contributed by atoms with van der Waals surface area (Å²) in [6, 6.07) is 7.92. The van der Waals surface area contributed by atoms with Crippen molar-refractivity contribution in [3.05, 3.63) is 51.5 Å². The molecule has 1 aromatic heterocycles. The van der Waals surface area contributed by atoms with Gasteiger partial charge in [-0.15, -0.1) is 23.7 Å². The third-order valence-electron chi connectivity index (χ3n) is 4.88. The van der Waals surface area contributed by atoms with Crippen molar-refractivity contribution >= 4 is 35.7 Å². The van der Waals surface area contributed by atoms with Crippen molar-refractivity contribution in [2.75, 3.05) is 13.1 Å². The predicted octanol–water partition coefficient (Wildman–Crippen LogP) is 3.64. The van der Waals surface area contributed by atoms with Crippen molar-refractivity contribution in [1.29, 1.82) is 0 Å². The van der Waals surface area contributed by atoms with E-state index in [0.29, 0.717) is 18.8 Å². The second-order valence-corrected chi connectivity index (χ2v) is 7.39. The molecule has 138 valence electrons. The van der Waals surface area contributed by atoms with E-state index < -0.39 is 0 Å². The van der Waals surface area contributed by atoms with Crippen molar-refractivity contribution in [3.63, 3.8) is 0 Å². The molecule has 3 heterocycles. The monoisotopic (exact) mass is 391 g/mol. The van der Waals surface area contributed by atoms with Crippen molar-refractivity contribution < 1.29 is 9.63 Å². The number of oxime groups is 1. The van der Waals surface area contributed by atoms with Crippen LogP contribution in [-0.4, -0.2) is 30.1 Å². The van der Waals surface area contributed by atoms with E-state index in [1.807, 2.05) is 24.3 Å². The Morgan fingerprint density at radius 2 is 2.08 bits per heavy atom. The molecule has 1 saturated heterocycles. The molecule has 2 aliphatic rings. The third kappa shape index (κ3) is 3.98. The van der Waals surface area contributed by atoms with Crippen molar-refractivity contribution in [1.82, 2.24) is 10.3 Å². The van der Waals surface area contributed by atoms with Gasteiger partial charge in [0.1, 0.15) is 12.0 Å². The Balaban J connectivity index is 0.00000196. The van der Waals surface area contributed by atoms with E-state index in [9.17, 15) is 4.79 Å². The molecule has 1 unspecified atom stereocenters. The number of aromatic nitrogens is 1. The lowest BCUT2D eigenvalue weighted by Gasteiger charge is -2.20. The van der Waals surface area contributed by atoms with Crippen LogP contribution in [0.3, 0.4) is 0 Å². The average molecular weight is 392 g/mol. The molecule has 0 radical (unpaired) electrons. The van der Waals surface area contributed by atoms with E-state index >= 15 is 0 Å². The number of carbonyl (C=O) groups excluding carboxylic acids is 1. The highest BCUT2D eigenvalue weighted by atomic mass is 35.5. The molecule has 7 heteroatoms. The molecule has 0 spiro atoms. The molecule has 1 N–H and O–H groups in total. The highest BCUT2D eigenvalue weighted by molar-refractivity contribution is 7.10. The van der Waals surface area contributed by atoms with Crippen LogP contribution >= 0.6 is 23.7 Å². The maximum atomic E-state index is 10.9. The second kappa shape index (κ2) is 8.75. The van der Waals surface area contributed by atoms with Crippen molar-refractivity contribution in [2.24, 2.45) is 5.16 Å². The van der Waals surface area contributed by atoms with Gasteiger partial charge in [-0.3, -0.25) is 0 Å². The van der Waals surface area contributed by atoms with Crippen LogP contribution in [0.15, 0.2) is 34.8 Å². The zero-order valence-corrected chi connectivity index (χ0v) is 16.0. The number of piperidine rings is 1. The van der Waals surface area contributed by atoms with E-state index in [0.717, 1.165) is 54.7 Å². The van der Waals surface area contributed by atoms with E-state index in [2.05, 4.69) is 15.9 Å². The minimum Gasteiger partial charge on any atom is -0.387 e. The van der Waals surface area contributed by atoms with Gasteiger partial charge in [0, 0.05) is 24.1 Å². The summed E-state index contributed by atoms with van der Waals surface area (Å²) in [4.78, 5) is 21.4. The molecule has 1 aromatic carbocycles. The van der Waals surface area contributed by atoms with Crippen LogP contribution in [0.25, 0.3) is 0 Å². The predicted molar refractivity (Wildman–Crippen MR) is 105 cm³/mol. The maximum Gasteiger partial charge on any atom is 0.158 e. The molecule has 1 atom stereocenters. The Kier molecular flexibility index (Phi) is 6.40. The number of hydrogen-bond acceptors (Lipinski definition) is 6. The Hall–Kier alpha value is -1.76. The number of halogens is 1. The summed E-state index contributed by atoms with van der Waals surface area (Å²) < 4.78 is 0. The van der Waals surface area contributed by atoms with Gasteiger partial charge in [-0.2, -0.15) is 0 Å². The fourth-order valence-corrected chi connectivity index (χ4v) is 4.50. The van der Waals surface area contributed by atoms with Gasteiger partial charge >= 0.3 is 0 Å². The first-order valence-electron chi connectivity index (χ1n) is 8.76. The first kappa shape index (κ1) is 19.0. The summed E-state index contributed by atoms with van der Waals surface area (Å²) >= 11 is 1.73. The summed E-state index contributed by atoms with van der Waals surface area (Å²) in [6.45, 7) is 2.14. The zero-order chi connectivity index (χ0) is 17.1. The molecule has 0 amide bonds. The first-order chi connectivity index (χ1) is 12.3. The summed E-state index contributed by atoms with van der Waals surface area (Å²) in [5, 5.41) is 11.0. The number of hydrogen-bond donors (Lipinski definition) is 1. The summed E-state index contributed by atoms with van der Waals surface area (Å²) in [6.07, 6.45) is 4.21. The molecule has 0 saturated carbocycles. The summed E-state index contributed by atoms with van der Waals surface area (Å²) in [5.41, 5.74) is 3.89. The van der Waals surface area contributed by atoms with Crippen LogP contribution in [-0.2, 0) is 16.1 Å². The Morgan fingerprint density at radius 3 is 2.88 bits per heavy atom. The molecule has 1 fully saturated rings. The quantitative estimate of drug-likeness (QED) is 0.790. The Labute approximate surface area is 163 Å². The normalized spacial score (nSPS) is 20.2. The van der Waals surface area contributed by atoms with E-state index in [1.165, 1.54) is 5.01 Å². The molecule has 2 aromatic rings. The SMILES string of the molecule is Cl.O=CCc1ccccc1C1CC(c2csc(C3CCNCC3)n2)=NO1. The molecule has 2 aliphatic heterocycles. The minimum atomic E-state index is -0.129. The van der Waals surface area contributed by atoms with E-state index in [1.54, 1.807) is 11.3 Å². The van der Waals surface area contributed by atoms with Crippen LogP contribution in [0.2, 0.25) is 0 Å². The van der Waals surface area contributed by atoms with Gasteiger partial charge < -0.3 is 14.9 Å². The standard InChI is InChI=1S/C19H21N3O2S.ClH/c23-10-7-13-3-1-2-4-15(13)18-11-16(22-24-18)17-12-25-19(21-17)14-5-8-20-9-6-14;/h1-4,10,12,14,18,20H,5-9,11H2;1H. The molecular weight excluding hydrogens is 370 g/mol. The number of rotatable bonds is 5. The van der Waals surface area contributed by atoms with Crippen molar-refractivity contribution in [3.8, 4) is 0 Å². The number of nitrogens with one attached hydrogen (secondary N) is 1. The number of benzene rings is 1. The van der Waals surface area contributed by atoms with Crippen LogP contribution in [0.1, 0.15) is 53.1 Å². The topological polar surface area (TPSA) is 63.6 Å². The largest absolute Gasteiger partial charge is 0.387 e. The zero-order valence-electron chi connectivity index (χ0n) is 14.4. The Morgan fingerprint density at radius 1 is 1.27 bits per heavy atom.